The van der Waals surface area contributed by atoms with Crippen LogP contribution in [0.5, 0.6) is 5.75 Å². The third-order valence-electron chi connectivity index (χ3n) is 5.02. The van der Waals surface area contributed by atoms with Crippen molar-refractivity contribution in [1.29, 1.82) is 0 Å². The van der Waals surface area contributed by atoms with Gasteiger partial charge in [0.1, 0.15) is 10.6 Å². The predicted octanol–water partition coefficient (Wildman–Crippen LogP) is 5.47. The zero-order chi connectivity index (χ0) is 20.6. The molecule has 29 heavy (non-hydrogen) atoms. The molecule has 0 bridgehead atoms. The SMILES string of the molecule is Nc1c(C(=O)Cc2ccc(OC(F)(F)F)cc2)sc2nc3c(cc12)CCCCC3. The molecule has 0 amide bonds. The van der Waals surface area contributed by atoms with Gasteiger partial charge < -0.3 is 10.5 Å². The highest BCUT2D eigenvalue weighted by atomic mass is 32.1. The molecule has 2 N–H and O–H groups in total. The Bertz CT molecular complexity index is 1060. The average molecular weight is 420 g/mol. The molecule has 0 aliphatic heterocycles. The minimum Gasteiger partial charge on any atom is -0.406 e. The monoisotopic (exact) mass is 420 g/mol. The maximum Gasteiger partial charge on any atom is 0.573 e. The van der Waals surface area contributed by atoms with Gasteiger partial charge in [-0.05, 0) is 55.0 Å². The maximum atomic E-state index is 12.8. The zero-order valence-corrected chi connectivity index (χ0v) is 16.3. The first kappa shape index (κ1) is 19.7. The Balaban J connectivity index is 1.56. The van der Waals surface area contributed by atoms with Gasteiger partial charge in [0.15, 0.2) is 5.78 Å². The fraction of sp³-hybridized carbons (Fsp3) is 0.333. The van der Waals surface area contributed by atoms with E-state index in [-0.39, 0.29) is 18.0 Å². The lowest BCUT2D eigenvalue weighted by Gasteiger charge is -2.09. The lowest BCUT2D eigenvalue weighted by Crippen LogP contribution is -2.17. The smallest absolute Gasteiger partial charge is 0.406 e. The zero-order valence-electron chi connectivity index (χ0n) is 15.5. The van der Waals surface area contributed by atoms with E-state index in [1.165, 1.54) is 47.6 Å². The highest BCUT2D eigenvalue weighted by Gasteiger charge is 2.31. The fourth-order valence-corrected chi connectivity index (χ4v) is 4.65. The topological polar surface area (TPSA) is 65.2 Å². The summed E-state index contributed by atoms with van der Waals surface area (Å²) in [5.74, 6) is -0.494. The van der Waals surface area contributed by atoms with Gasteiger partial charge in [-0.25, -0.2) is 4.98 Å². The van der Waals surface area contributed by atoms with Crippen LogP contribution in [0.1, 0.15) is 45.8 Å². The summed E-state index contributed by atoms with van der Waals surface area (Å²) in [7, 11) is 0. The number of ketones is 1. The van der Waals surface area contributed by atoms with Crippen LogP contribution >= 0.6 is 11.3 Å². The summed E-state index contributed by atoms with van der Waals surface area (Å²) in [6.07, 6.45) is 0.658. The lowest BCUT2D eigenvalue weighted by atomic mass is 10.0. The number of fused-ring (bicyclic) bond motifs is 2. The van der Waals surface area contributed by atoms with Crippen LogP contribution in [-0.2, 0) is 19.3 Å². The first-order valence-corrected chi connectivity index (χ1v) is 10.2. The number of anilines is 1. The Morgan fingerprint density at radius 1 is 1.14 bits per heavy atom. The molecule has 152 valence electrons. The number of carbonyl (C=O) groups is 1. The van der Waals surface area contributed by atoms with Crippen molar-refractivity contribution in [3.8, 4) is 5.75 Å². The van der Waals surface area contributed by atoms with Gasteiger partial charge in [0.2, 0.25) is 0 Å². The highest BCUT2D eigenvalue weighted by Crippen LogP contribution is 2.36. The van der Waals surface area contributed by atoms with Crippen molar-refractivity contribution in [2.24, 2.45) is 0 Å². The average Bonchev–Trinajstić information content (AvgIpc) is 2.83. The minimum atomic E-state index is -4.74. The van der Waals surface area contributed by atoms with E-state index in [0.717, 1.165) is 41.6 Å². The molecule has 0 fully saturated rings. The summed E-state index contributed by atoms with van der Waals surface area (Å²) in [6, 6.07) is 7.35. The van der Waals surface area contributed by atoms with Crippen LogP contribution in [0.15, 0.2) is 30.3 Å². The Hall–Kier alpha value is -2.61. The number of halogens is 3. The standard InChI is InChI=1S/C21H19F3N2O2S/c22-21(23,24)28-14-8-6-12(7-9-14)10-17(27)19-18(25)15-11-13-4-2-1-3-5-16(13)26-20(15)29-19/h6-9,11H,1-5,10,25H2. The van der Waals surface area contributed by atoms with Gasteiger partial charge >= 0.3 is 6.36 Å². The molecule has 8 heteroatoms. The van der Waals surface area contributed by atoms with Gasteiger partial charge in [-0.2, -0.15) is 0 Å². The molecule has 0 atom stereocenters. The number of aryl methyl sites for hydroxylation is 2. The van der Waals surface area contributed by atoms with Crippen LogP contribution in [0.3, 0.4) is 0 Å². The van der Waals surface area contributed by atoms with E-state index in [4.69, 9.17) is 10.7 Å². The number of hydrogen-bond donors (Lipinski definition) is 1. The van der Waals surface area contributed by atoms with E-state index >= 15 is 0 Å². The number of nitrogens with zero attached hydrogens (tertiary/aromatic N) is 1. The van der Waals surface area contributed by atoms with Crippen LogP contribution in [0, 0.1) is 0 Å². The number of carbonyl (C=O) groups excluding carboxylic acids is 1. The Labute approximate surface area is 169 Å². The van der Waals surface area contributed by atoms with E-state index < -0.39 is 6.36 Å². The summed E-state index contributed by atoms with van der Waals surface area (Å²) in [5.41, 5.74) is 9.59. The van der Waals surface area contributed by atoms with Crippen molar-refractivity contribution in [3.63, 3.8) is 0 Å². The van der Waals surface area contributed by atoms with E-state index in [9.17, 15) is 18.0 Å². The molecule has 2 aromatic heterocycles. The number of alkyl halides is 3. The molecular formula is C21H19F3N2O2S. The Morgan fingerprint density at radius 3 is 2.59 bits per heavy atom. The molecule has 1 aromatic carbocycles. The second kappa shape index (κ2) is 7.67. The second-order valence-corrected chi connectivity index (χ2v) is 8.14. The third-order valence-corrected chi connectivity index (χ3v) is 6.18. The molecule has 0 saturated carbocycles. The summed E-state index contributed by atoms with van der Waals surface area (Å²) >= 11 is 1.28. The maximum absolute atomic E-state index is 12.8. The predicted molar refractivity (Wildman–Crippen MR) is 106 cm³/mol. The lowest BCUT2D eigenvalue weighted by molar-refractivity contribution is -0.274. The van der Waals surface area contributed by atoms with Crippen LogP contribution in [0.4, 0.5) is 18.9 Å². The van der Waals surface area contributed by atoms with Crippen molar-refractivity contribution in [2.45, 2.75) is 44.9 Å². The summed E-state index contributed by atoms with van der Waals surface area (Å²) < 4.78 is 40.6. The van der Waals surface area contributed by atoms with Crippen molar-refractivity contribution < 1.29 is 22.7 Å². The van der Waals surface area contributed by atoms with Gasteiger partial charge in [-0.1, -0.05) is 18.6 Å². The molecule has 4 rings (SSSR count). The number of ether oxygens (including phenoxy) is 1. The van der Waals surface area contributed by atoms with Crippen LogP contribution in [0.2, 0.25) is 0 Å². The number of nitrogen functional groups attached to an aromatic ring is 1. The van der Waals surface area contributed by atoms with Gasteiger partial charge in [0.05, 0.1) is 10.6 Å². The van der Waals surface area contributed by atoms with E-state index in [2.05, 4.69) is 10.8 Å². The molecule has 1 aliphatic rings. The van der Waals surface area contributed by atoms with Crippen LogP contribution < -0.4 is 10.5 Å². The normalized spacial score (nSPS) is 14.4. The molecule has 3 aromatic rings. The van der Waals surface area contributed by atoms with Gasteiger partial charge in [-0.3, -0.25) is 4.79 Å². The van der Waals surface area contributed by atoms with Crippen molar-refractivity contribution in [1.82, 2.24) is 4.98 Å². The van der Waals surface area contributed by atoms with Crippen molar-refractivity contribution in [3.05, 3.63) is 52.0 Å². The third kappa shape index (κ3) is 4.37. The summed E-state index contributed by atoms with van der Waals surface area (Å²) in [5, 5.41) is 0.813. The molecule has 0 unspecified atom stereocenters. The largest absolute Gasteiger partial charge is 0.573 e. The molecular weight excluding hydrogens is 401 g/mol. The van der Waals surface area contributed by atoms with E-state index in [1.807, 2.05) is 0 Å². The minimum absolute atomic E-state index is 0.0447. The van der Waals surface area contributed by atoms with Crippen molar-refractivity contribution in [2.75, 3.05) is 5.73 Å². The highest BCUT2D eigenvalue weighted by molar-refractivity contribution is 7.21. The molecule has 4 nitrogen and oxygen atoms in total. The molecule has 1 aliphatic carbocycles. The summed E-state index contributed by atoms with van der Waals surface area (Å²) in [4.78, 5) is 18.8. The van der Waals surface area contributed by atoms with Crippen LogP contribution in [0.25, 0.3) is 10.2 Å². The Morgan fingerprint density at radius 2 is 1.86 bits per heavy atom. The Kier molecular flexibility index (Phi) is 5.21. The van der Waals surface area contributed by atoms with Gasteiger partial charge in [-0.15, -0.1) is 24.5 Å². The second-order valence-electron chi connectivity index (χ2n) is 7.14. The fourth-order valence-electron chi connectivity index (χ4n) is 3.62. The first-order chi connectivity index (χ1) is 13.8. The van der Waals surface area contributed by atoms with Gasteiger partial charge in [0, 0.05) is 17.5 Å². The molecule has 0 spiro atoms. The van der Waals surface area contributed by atoms with Crippen molar-refractivity contribution >= 4 is 33.0 Å². The summed E-state index contributed by atoms with van der Waals surface area (Å²) in [6.45, 7) is 0. The van der Waals surface area contributed by atoms with Gasteiger partial charge in [0.25, 0.3) is 0 Å². The first-order valence-electron chi connectivity index (χ1n) is 9.39. The number of nitrogens with two attached hydrogens (primary N) is 1. The van der Waals surface area contributed by atoms with E-state index in [1.54, 1.807) is 0 Å². The number of aromatic nitrogens is 1. The molecule has 0 saturated heterocycles. The molecule has 0 radical (unpaired) electrons. The van der Waals surface area contributed by atoms with Crippen LogP contribution in [-0.4, -0.2) is 17.1 Å². The number of Topliss-reactive ketones (excluding diaryl/α,β-unsaturated/α-hetero) is 1. The number of pyridine rings is 1. The number of thiophene rings is 1. The number of benzene rings is 1. The molecule has 2 heterocycles. The van der Waals surface area contributed by atoms with E-state index in [0.29, 0.717) is 16.1 Å². The number of hydrogen-bond acceptors (Lipinski definition) is 5. The number of rotatable bonds is 4. The quantitative estimate of drug-likeness (QED) is 0.449.